The number of nitrogens with zero attached hydrogens (tertiary/aromatic N) is 1. The van der Waals surface area contributed by atoms with Crippen LogP contribution < -0.4 is 5.32 Å². The van der Waals surface area contributed by atoms with Gasteiger partial charge in [0.1, 0.15) is 0 Å². The molecular formula is C15H26N2O. The lowest BCUT2D eigenvalue weighted by Gasteiger charge is -2.29. The largest absolute Gasteiger partial charge is 0.390 e. The van der Waals surface area contributed by atoms with Gasteiger partial charge in [0.25, 0.3) is 0 Å². The second kappa shape index (κ2) is 8.25. The van der Waals surface area contributed by atoms with E-state index >= 15 is 0 Å². The van der Waals surface area contributed by atoms with Crippen molar-refractivity contribution in [3.63, 3.8) is 0 Å². The quantitative estimate of drug-likeness (QED) is 0.739. The average molecular weight is 250 g/mol. The van der Waals surface area contributed by atoms with E-state index in [1.807, 2.05) is 6.07 Å². The number of hydrogen-bond donors (Lipinski definition) is 2. The number of nitrogens with one attached hydrogen (secondary N) is 1. The highest BCUT2D eigenvalue weighted by molar-refractivity contribution is 5.14. The van der Waals surface area contributed by atoms with Crippen molar-refractivity contribution >= 4 is 0 Å². The van der Waals surface area contributed by atoms with Gasteiger partial charge in [-0.25, -0.2) is 0 Å². The van der Waals surface area contributed by atoms with Gasteiger partial charge in [-0.2, -0.15) is 0 Å². The fourth-order valence-corrected chi connectivity index (χ4v) is 1.92. The molecule has 0 aliphatic rings. The Morgan fingerprint density at radius 1 is 1.22 bits per heavy atom. The molecule has 0 aromatic heterocycles. The van der Waals surface area contributed by atoms with Crippen molar-refractivity contribution in [2.45, 2.75) is 39.5 Å². The lowest BCUT2D eigenvalue weighted by Crippen LogP contribution is -2.41. The molecule has 0 aliphatic carbocycles. The van der Waals surface area contributed by atoms with Gasteiger partial charge in [-0.3, -0.25) is 4.90 Å². The van der Waals surface area contributed by atoms with Crippen LogP contribution in [-0.2, 0) is 6.54 Å². The molecule has 0 bridgehead atoms. The molecule has 0 amide bonds. The number of rotatable bonds is 8. The minimum Gasteiger partial charge on any atom is -0.390 e. The van der Waals surface area contributed by atoms with Gasteiger partial charge in [0, 0.05) is 25.7 Å². The van der Waals surface area contributed by atoms with Crippen molar-refractivity contribution in [3.05, 3.63) is 35.9 Å². The summed E-state index contributed by atoms with van der Waals surface area (Å²) in [7, 11) is 0. The number of aliphatic hydroxyl groups excluding tert-OH is 1. The molecule has 1 rings (SSSR count). The molecule has 1 unspecified atom stereocenters. The van der Waals surface area contributed by atoms with Crippen LogP contribution in [0.4, 0.5) is 0 Å². The van der Waals surface area contributed by atoms with E-state index < -0.39 is 0 Å². The molecule has 1 atom stereocenters. The summed E-state index contributed by atoms with van der Waals surface area (Å²) in [6, 6.07) is 10.8. The van der Waals surface area contributed by atoms with E-state index in [-0.39, 0.29) is 6.10 Å². The first-order valence-electron chi connectivity index (χ1n) is 6.80. The monoisotopic (exact) mass is 250 g/mol. The summed E-state index contributed by atoms with van der Waals surface area (Å²) in [5.74, 6) is 0. The maximum absolute atomic E-state index is 9.97. The first-order valence-corrected chi connectivity index (χ1v) is 6.80. The van der Waals surface area contributed by atoms with Crippen LogP contribution in [0.25, 0.3) is 0 Å². The molecule has 0 saturated heterocycles. The Hall–Kier alpha value is -0.900. The summed E-state index contributed by atoms with van der Waals surface area (Å²) < 4.78 is 0. The minimum atomic E-state index is -0.309. The summed E-state index contributed by atoms with van der Waals surface area (Å²) in [4.78, 5) is 2.30. The van der Waals surface area contributed by atoms with Gasteiger partial charge in [-0.05, 0) is 26.0 Å². The summed E-state index contributed by atoms with van der Waals surface area (Å²) in [5.41, 5.74) is 1.29. The molecule has 1 aromatic carbocycles. The predicted molar refractivity (Wildman–Crippen MR) is 76.5 cm³/mol. The Labute approximate surface area is 111 Å². The third-order valence-electron chi connectivity index (χ3n) is 3.03. The van der Waals surface area contributed by atoms with Crippen LogP contribution in [0.2, 0.25) is 0 Å². The normalized spacial score (nSPS) is 13.2. The Bertz CT molecular complexity index is 314. The molecule has 1 aromatic rings. The van der Waals surface area contributed by atoms with Crippen molar-refractivity contribution in [1.29, 1.82) is 0 Å². The van der Waals surface area contributed by atoms with Crippen LogP contribution in [0, 0.1) is 0 Å². The second-order valence-electron chi connectivity index (χ2n) is 4.97. The predicted octanol–water partition coefficient (Wildman–Crippen LogP) is 1.87. The molecule has 0 aliphatic heterocycles. The lowest BCUT2D eigenvalue weighted by atomic mass is 10.1. The van der Waals surface area contributed by atoms with Gasteiger partial charge < -0.3 is 10.4 Å². The minimum absolute atomic E-state index is 0.309. The number of likely N-dealkylation sites (N-methyl/N-ethyl adjacent to an activating group) is 1. The van der Waals surface area contributed by atoms with Gasteiger partial charge in [0.15, 0.2) is 0 Å². The van der Waals surface area contributed by atoms with E-state index in [0.717, 1.165) is 13.1 Å². The SMILES string of the molecule is CCNCC(O)CN(Cc1ccccc1)C(C)C. The molecular weight excluding hydrogens is 224 g/mol. The summed E-state index contributed by atoms with van der Waals surface area (Å²) in [6.07, 6.45) is -0.309. The Balaban J connectivity index is 2.50. The highest BCUT2D eigenvalue weighted by atomic mass is 16.3. The number of hydrogen-bond acceptors (Lipinski definition) is 3. The first kappa shape index (κ1) is 15.2. The van der Waals surface area contributed by atoms with Gasteiger partial charge >= 0.3 is 0 Å². The van der Waals surface area contributed by atoms with E-state index in [9.17, 15) is 5.11 Å². The van der Waals surface area contributed by atoms with Crippen molar-refractivity contribution in [2.75, 3.05) is 19.6 Å². The third kappa shape index (κ3) is 5.63. The maximum atomic E-state index is 9.97. The summed E-state index contributed by atoms with van der Waals surface area (Å²) in [5, 5.41) is 13.2. The van der Waals surface area contributed by atoms with Crippen LogP contribution in [0.3, 0.4) is 0 Å². The molecule has 0 heterocycles. The average Bonchev–Trinajstić information content (AvgIpc) is 2.36. The molecule has 0 saturated carbocycles. The summed E-state index contributed by atoms with van der Waals surface area (Å²) in [6.45, 7) is 9.55. The van der Waals surface area contributed by atoms with Crippen molar-refractivity contribution in [3.8, 4) is 0 Å². The highest BCUT2D eigenvalue weighted by Gasteiger charge is 2.14. The zero-order valence-electron chi connectivity index (χ0n) is 11.8. The van der Waals surface area contributed by atoms with E-state index in [0.29, 0.717) is 19.1 Å². The van der Waals surface area contributed by atoms with Gasteiger partial charge in [0.05, 0.1) is 6.10 Å². The molecule has 102 valence electrons. The molecule has 18 heavy (non-hydrogen) atoms. The molecule has 0 radical (unpaired) electrons. The standard InChI is InChI=1S/C15H26N2O/c1-4-16-10-15(18)12-17(13(2)3)11-14-8-6-5-7-9-14/h5-9,13,15-16,18H,4,10-12H2,1-3H3. The van der Waals surface area contributed by atoms with Crippen LogP contribution in [0.1, 0.15) is 26.3 Å². The first-order chi connectivity index (χ1) is 8.63. The van der Waals surface area contributed by atoms with E-state index in [4.69, 9.17) is 0 Å². The van der Waals surface area contributed by atoms with Crippen molar-refractivity contribution in [2.24, 2.45) is 0 Å². The van der Waals surface area contributed by atoms with Gasteiger partial charge in [-0.1, -0.05) is 37.3 Å². The molecule has 3 nitrogen and oxygen atoms in total. The Morgan fingerprint density at radius 2 is 1.89 bits per heavy atom. The van der Waals surface area contributed by atoms with Crippen LogP contribution in [0.5, 0.6) is 0 Å². The van der Waals surface area contributed by atoms with Gasteiger partial charge in [-0.15, -0.1) is 0 Å². The molecule has 0 fully saturated rings. The lowest BCUT2D eigenvalue weighted by molar-refractivity contribution is 0.0904. The Morgan fingerprint density at radius 3 is 2.44 bits per heavy atom. The fraction of sp³-hybridized carbons (Fsp3) is 0.600. The van der Waals surface area contributed by atoms with Crippen molar-refractivity contribution < 1.29 is 5.11 Å². The second-order valence-corrected chi connectivity index (χ2v) is 4.97. The van der Waals surface area contributed by atoms with Crippen molar-refractivity contribution in [1.82, 2.24) is 10.2 Å². The number of benzene rings is 1. The molecule has 2 N–H and O–H groups in total. The molecule has 3 heteroatoms. The van der Waals surface area contributed by atoms with Crippen LogP contribution in [-0.4, -0.2) is 41.8 Å². The fourth-order valence-electron chi connectivity index (χ4n) is 1.92. The van der Waals surface area contributed by atoms with Gasteiger partial charge in [0.2, 0.25) is 0 Å². The zero-order valence-corrected chi connectivity index (χ0v) is 11.8. The van der Waals surface area contributed by atoms with E-state index in [1.54, 1.807) is 0 Å². The third-order valence-corrected chi connectivity index (χ3v) is 3.03. The topological polar surface area (TPSA) is 35.5 Å². The van der Waals surface area contributed by atoms with E-state index in [1.165, 1.54) is 5.56 Å². The molecule has 0 spiro atoms. The Kier molecular flexibility index (Phi) is 6.94. The van der Waals surface area contributed by atoms with Crippen LogP contribution in [0.15, 0.2) is 30.3 Å². The van der Waals surface area contributed by atoms with Crippen LogP contribution >= 0.6 is 0 Å². The van der Waals surface area contributed by atoms with E-state index in [2.05, 4.69) is 55.3 Å². The smallest absolute Gasteiger partial charge is 0.0791 e. The number of aliphatic hydroxyl groups is 1. The highest BCUT2D eigenvalue weighted by Crippen LogP contribution is 2.08. The summed E-state index contributed by atoms with van der Waals surface area (Å²) >= 11 is 0. The maximum Gasteiger partial charge on any atom is 0.0791 e. The zero-order chi connectivity index (χ0) is 13.4.